The van der Waals surface area contributed by atoms with Gasteiger partial charge in [-0.2, -0.15) is 0 Å². The van der Waals surface area contributed by atoms with Gasteiger partial charge in [0.15, 0.2) is 17.3 Å². The molecule has 14 heavy (non-hydrogen) atoms. The molecule has 0 atom stereocenters. The molecule has 0 saturated carbocycles. The first-order valence-electron chi connectivity index (χ1n) is 4.06. The Balaban J connectivity index is 3.07. The lowest BCUT2D eigenvalue weighted by Gasteiger charge is -2.08. The van der Waals surface area contributed by atoms with E-state index in [-0.39, 0.29) is 11.5 Å². The number of methoxy groups -OCH3 is 1. The maximum Gasteiger partial charge on any atom is 0.228 e. The predicted molar refractivity (Wildman–Crippen MR) is 49.6 cm³/mol. The van der Waals surface area contributed by atoms with Gasteiger partial charge in [0, 0.05) is 5.56 Å². The second-order valence-electron chi connectivity index (χ2n) is 2.68. The smallest absolute Gasteiger partial charge is 0.228 e. The van der Waals surface area contributed by atoms with E-state index in [2.05, 4.69) is 4.74 Å². The fraction of sp³-hybridized carbons (Fsp3) is 0.300. The molecule has 0 radical (unpaired) electrons. The molecule has 0 N–H and O–H groups in total. The highest BCUT2D eigenvalue weighted by Gasteiger charge is 2.07. The summed E-state index contributed by atoms with van der Waals surface area (Å²) in [7, 11) is 1.45. The highest BCUT2D eigenvalue weighted by atomic mass is 19.1. The van der Waals surface area contributed by atoms with E-state index in [0.717, 1.165) is 0 Å². The molecule has 0 aliphatic rings. The molecule has 1 aromatic carbocycles. The summed E-state index contributed by atoms with van der Waals surface area (Å²) in [5.74, 6) is 0.548. The third-order valence-electron chi connectivity index (χ3n) is 1.78. The quantitative estimate of drug-likeness (QED) is 0.696. The Hall–Kier alpha value is -1.58. The number of hydrogen-bond donors (Lipinski definition) is 0. The zero-order valence-corrected chi connectivity index (χ0v) is 8.04. The van der Waals surface area contributed by atoms with E-state index in [1.807, 2.05) is 0 Å². The van der Waals surface area contributed by atoms with Crippen molar-refractivity contribution in [3.05, 3.63) is 23.8 Å². The van der Waals surface area contributed by atoms with Crippen molar-refractivity contribution >= 4 is 5.78 Å². The molecule has 0 heterocycles. The first kappa shape index (κ1) is 10.5. The lowest BCUT2D eigenvalue weighted by molar-refractivity contribution is 0.101. The van der Waals surface area contributed by atoms with E-state index in [0.29, 0.717) is 11.3 Å². The van der Waals surface area contributed by atoms with Crippen LogP contribution in [-0.4, -0.2) is 19.8 Å². The summed E-state index contributed by atoms with van der Waals surface area (Å²) in [6, 6.07) is 4.63. The Labute approximate surface area is 81.4 Å². The van der Waals surface area contributed by atoms with Crippen LogP contribution in [0.3, 0.4) is 0 Å². The van der Waals surface area contributed by atoms with Gasteiger partial charge in [-0.3, -0.25) is 4.79 Å². The van der Waals surface area contributed by atoms with Gasteiger partial charge in [-0.1, -0.05) is 0 Å². The monoisotopic (exact) mass is 198 g/mol. The number of Topliss-reactive ketones (excluding diaryl/α,β-unsaturated/α-hetero) is 1. The standard InChI is InChI=1S/C10H11FO3/c1-7(12)8-3-4-9(13-2)10(5-8)14-6-11/h3-5H,6H2,1-2H3. The molecule has 0 aromatic heterocycles. The minimum absolute atomic E-state index is 0.101. The highest BCUT2D eigenvalue weighted by Crippen LogP contribution is 2.28. The number of rotatable bonds is 4. The Morgan fingerprint density at radius 2 is 2.14 bits per heavy atom. The third kappa shape index (κ3) is 2.22. The number of benzene rings is 1. The van der Waals surface area contributed by atoms with Gasteiger partial charge in [-0.05, 0) is 25.1 Å². The van der Waals surface area contributed by atoms with Gasteiger partial charge >= 0.3 is 0 Å². The summed E-state index contributed by atoms with van der Waals surface area (Å²) in [4.78, 5) is 11.0. The third-order valence-corrected chi connectivity index (χ3v) is 1.78. The largest absolute Gasteiger partial charge is 0.493 e. The van der Waals surface area contributed by atoms with Gasteiger partial charge in [-0.15, -0.1) is 0 Å². The number of halogens is 1. The van der Waals surface area contributed by atoms with Crippen molar-refractivity contribution in [2.75, 3.05) is 14.0 Å². The van der Waals surface area contributed by atoms with Crippen LogP contribution in [0.1, 0.15) is 17.3 Å². The van der Waals surface area contributed by atoms with E-state index in [1.54, 1.807) is 12.1 Å². The van der Waals surface area contributed by atoms with Gasteiger partial charge in [-0.25, -0.2) is 4.39 Å². The molecular weight excluding hydrogens is 187 g/mol. The van der Waals surface area contributed by atoms with Crippen molar-refractivity contribution in [2.45, 2.75) is 6.92 Å². The van der Waals surface area contributed by atoms with Crippen LogP contribution in [0.5, 0.6) is 11.5 Å². The molecule has 0 bridgehead atoms. The Kier molecular flexibility index (Phi) is 3.45. The average Bonchev–Trinajstić information content (AvgIpc) is 2.18. The summed E-state index contributed by atoms with van der Waals surface area (Å²) in [5, 5.41) is 0. The molecule has 4 heteroatoms. The van der Waals surface area contributed by atoms with E-state index in [4.69, 9.17) is 4.74 Å². The zero-order valence-electron chi connectivity index (χ0n) is 8.04. The van der Waals surface area contributed by atoms with Crippen LogP contribution in [0, 0.1) is 0 Å². The summed E-state index contributed by atoms with van der Waals surface area (Å²) >= 11 is 0. The molecule has 0 spiro atoms. The molecular formula is C10H11FO3. The summed E-state index contributed by atoms with van der Waals surface area (Å²) in [6.07, 6.45) is 0. The van der Waals surface area contributed by atoms with E-state index in [1.165, 1.54) is 20.1 Å². The van der Waals surface area contributed by atoms with Crippen molar-refractivity contribution in [1.29, 1.82) is 0 Å². The first-order valence-corrected chi connectivity index (χ1v) is 4.06. The second-order valence-corrected chi connectivity index (χ2v) is 2.68. The van der Waals surface area contributed by atoms with Crippen molar-refractivity contribution in [3.63, 3.8) is 0 Å². The van der Waals surface area contributed by atoms with Crippen molar-refractivity contribution in [3.8, 4) is 11.5 Å². The highest BCUT2D eigenvalue weighted by molar-refractivity contribution is 5.94. The van der Waals surface area contributed by atoms with E-state index < -0.39 is 6.86 Å². The zero-order chi connectivity index (χ0) is 10.6. The number of ether oxygens (including phenoxy) is 2. The van der Waals surface area contributed by atoms with Crippen LogP contribution in [0.2, 0.25) is 0 Å². The molecule has 0 saturated heterocycles. The topological polar surface area (TPSA) is 35.5 Å². The van der Waals surface area contributed by atoms with Crippen LogP contribution in [0.4, 0.5) is 4.39 Å². The Bertz CT molecular complexity index is 336. The van der Waals surface area contributed by atoms with Crippen molar-refractivity contribution < 1.29 is 18.7 Å². The second kappa shape index (κ2) is 4.60. The van der Waals surface area contributed by atoms with Gasteiger partial charge in [0.2, 0.25) is 6.86 Å². The minimum atomic E-state index is -0.947. The minimum Gasteiger partial charge on any atom is -0.493 e. The molecule has 0 aliphatic carbocycles. The molecule has 1 aromatic rings. The fourth-order valence-electron chi connectivity index (χ4n) is 1.07. The van der Waals surface area contributed by atoms with Crippen LogP contribution in [0.15, 0.2) is 18.2 Å². The van der Waals surface area contributed by atoms with Gasteiger partial charge in [0.05, 0.1) is 7.11 Å². The van der Waals surface area contributed by atoms with Crippen LogP contribution in [-0.2, 0) is 0 Å². The van der Waals surface area contributed by atoms with Crippen LogP contribution in [0.25, 0.3) is 0 Å². The number of hydrogen-bond acceptors (Lipinski definition) is 3. The van der Waals surface area contributed by atoms with Gasteiger partial charge < -0.3 is 9.47 Å². The van der Waals surface area contributed by atoms with E-state index >= 15 is 0 Å². The maximum absolute atomic E-state index is 12.0. The van der Waals surface area contributed by atoms with Crippen LogP contribution >= 0.6 is 0 Å². The molecule has 3 nitrogen and oxygen atoms in total. The summed E-state index contributed by atoms with van der Waals surface area (Å²) in [5.41, 5.74) is 0.467. The Morgan fingerprint density at radius 3 is 2.64 bits per heavy atom. The first-order chi connectivity index (χ1) is 6.69. The predicted octanol–water partition coefficient (Wildman–Crippen LogP) is 2.20. The molecule has 0 aliphatic heterocycles. The lowest BCUT2D eigenvalue weighted by atomic mass is 10.1. The molecule has 1 rings (SSSR count). The molecule has 0 amide bonds. The van der Waals surface area contributed by atoms with Crippen molar-refractivity contribution in [1.82, 2.24) is 0 Å². The maximum atomic E-state index is 12.0. The number of carbonyl (C=O) groups excluding carboxylic acids is 1. The number of alkyl halides is 1. The fourth-order valence-corrected chi connectivity index (χ4v) is 1.07. The average molecular weight is 198 g/mol. The van der Waals surface area contributed by atoms with E-state index in [9.17, 15) is 9.18 Å². The SMILES string of the molecule is COc1ccc(C(C)=O)cc1OCF. The summed E-state index contributed by atoms with van der Waals surface area (Å²) < 4.78 is 21.6. The number of carbonyl (C=O) groups is 1. The Morgan fingerprint density at radius 1 is 1.43 bits per heavy atom. The molecule has 76 valence electrons. The molecule has 0 unspecified atom stereocenters. The normalized spacial score (nSPS) is 9.64. The van der Waals surface area contributed by atoms with Crippen LogP contribution < -0.4 is 9.47 Å². The van der Waals surface area contributed by atoms with Gasteiger partial charge in [0.1, 0.15) is 0 Å². The molecule has 0 fully saturated rings. The van der Waals surface area contributed by atoms with Gasteiger partial charge in [0.25, 0.3) is 0 Å². The summed E-state index contributed by atoms with van der Waals surface area (Å²) in [6.45, 7) is 0.485. The number of ketones is 1. The lowest BCUT2D eigenvalue weighted by Crippen LogP contribution is -1.98. The van der Waals surface area contributed by atoms with Crippen molar-refractivity contribution in [2.24, 2.45) is 0 Å².